The van der Waals surface area contributed by atoms with Gasteiger partial charge in [0.1, 0.15) is 0 Å². The first-order valence-electron chi connectivity index (χ1n) is 5.22. The van der Waals surface area contributed by atoms with Crippen molar-refractivity contribution in [2.75, 3.05) is 19.8 Å². The summed E-state index contributed by atoms with van der Waals surface area (Å²) in [6.07, 6.45) is 0. The monoisotopic (exact) mass is 263 g/mol. The molecule has 0 aromatic heterocycles. The Bertz CT molecular complexity index is 379. The van der Waals surface area contributed by atoms with E-state index in [0.29, 0.717) is 0 Å². The van der Waals surface area contributed by atoms with Crippen LogP contribution in [0.25, 0.3) is 0 Å². The first-order chi connectivity index (χ1) is 8.48. The number of aromatic hydroxyl groups is 1. The maximum Gasteiger partial charge on any atom is 0.187 e. The molecule has 0 unspecified atom stereocenters. The van der Waals surface area contributed by atoms with Crippen molar-refractivity contribution in [3.8, 4) is 5.75 Å². The van der Waals surface area contributed by atoms with Crippen LogP contribution in [0.5, 0.6) is 5.75 Å². The van der Waals surface area contributed by atoms with Crippen molar-refractivity contribution in [1.82, 2.24) is 5.32 Å². The van der Waals surface area contributed by atoms with Crippen molar-refractivity contribution < 1.29 is 29.2 Å². The van der Waals surface area contributed by atoms with E-state index >= 15 is 0 Å². The molecule has 1 rings (SSSR count). The van der Waals surface area contributed by atoms with Crippen molar-refractivity contribution in [3.05, 3.63) is 29.3 Å². The fourth-order valence-corrected chi connectivity index (χ4v) is 1.33. The van der Waals surface area contributed by atoms with Crippen LogP contribution in [0, 0.1) is 11.6 Å². The molecule has 1 aromatic carbocycles. The molecule has 0 spiro atoms. The van der Waals surface area contributed by atoms with Crippen molar-refractivity contribution in [2.45, 2.75) is 12.1 Å². The lowest BCUT2D eigenvalue weighted by Gasteiger charge is -2.28. The highest BCUT2D eigenvalue weighted by Gasteiger charge is 2.27. The molecule has 0 aliphatic carbocycles. The standard InChI is InChI=1S/C11H15F2NO4/c12-8-1-7(2-9(13)10(8)18)3-14-11(4-15,5-16)6-17/h1-2,14-18H,3-6H2. The molecule has 5 N–H and O–H groups in total. The number of phenolic OH excluding ortho intramolecular Hbond substituents is 1. The average Bonchev–Trinajstić information content (AvgIpc) is 2.38. The van der Waals surface area contributed by atoms with Crippen LogP contribution in [0.4, 0.5) is 8.78 Å². The second-order valence-electron chi connectivity index (χ2n) is 4.02. The van der Waals surface area contributed by atoms with Crippen molar-refractivity contribution in [1.29, 1.82) is 0 Å². The van der Waals surface area contributed by atoms with Gasteiger partial charge in [-0.3, -0.25) is 0 Å². The molecule has 1 aromatic rings. The molecule has 0 saturated heterocycles. The number of benzene rings is 1. The maximum absolute atomic E-state index is 13.0. The minimum absolute atomic E-state index is 0.0875. The SMILES string of the molecule is OCC(CO)(CO)NCc1cc(F)c(O)c(F)c1. The van der Waals surface area contributed by atoms with Crippen LogP contribution in [0.15, 0.2) is 12.1 Å². The number of hydrogen-bond donors (Lipinski definition) is 5. The van der Waals surface area contributed by atoms with Gasteiger partial charge in [-0.1, -0.05) is 0 Å². The minimum atomic E-state index is -1.33. The van der Waals surface area contributed by atoms with Crippen LogP contribution in [0.1, 0.15) is 5.56 Å². The number of nitrogens with one attached hydrogen (secondary N) is 1. The summed E-state index contributed by atoms with van der Waals surface area (Å²) in [5.74, 6) is -3.26. The lowest BCUT2D eigenvalue weighted by Crippen LogP contribution is -2.54. The number of hydrogen-bond acceptors (Lipinski definition) is 5. The number of aliphatic hydroxyl groups is 3. The smallest absolute Gasteiger partial charge is 0.187 e. The molecular weight excluding hydrogens is 248 g/mol. The summed E-state index contributed by atoms with van der Waals surface area (Å²) in [6.45, 7) is -1.70. The Kier molecular flexibility index (Phi) is 4.97. The third kappa shape index (κ3) is 3.14. The summed E-state index contributed by atoms with van der Waals surface area (Å²) >= 11 is 0. The molecular formula is C11H15F2NO4. The summed E-state index contributed by atoms with van der Waals surface area (Å²) in [5.41, 5.74) is -1.16. The normalized spacial score (nSPS) is 11.8. The highest BCUT2D eigenvalue weighted by molar-refractivity contribution is 5.30. The first-order valence-corrected chi connectivity index (χ1v) is 5.22. The van der Waals surface area contributed by atoms with E-state index in [1.54, 1.807) is 0 Å². The summed E-state index contributed by atoms with van der Waals surface area (Å²) < 4.78 is 26.1. The molecule has 18 heavy (non-hydrogen) atoms. The molecule has 0 atom stereocenters. The minimum Gasteiger partial charge on any atom is -0.503 e. The molecule has 102 valence electrons. The van der Waals surface area contributed by atoms with E-state index in [0.717, 1.165) is 12.1 Å². The third-order valence-electron chi connectivity index (χ3n) is 2.65. The highest BCUT2D eigenvalue weighted by atomic mass is 19.1. The van der Waals surface area contributed by atoms with Gasteiger partial charge in [-0.05, 0) is 17.7 Å². The van der Waals surface area contributed by atoms with Crippen LogP contribution in [-0.2, 0) is 6.54 Å². The highest BCUT2D eigenvalue weighted by Crippen LogP contribution is 2.21. The summed E-state index contributed by atoms with van der Waals surface area (Å²) in [4.78, 5) is 0. The van der Waals surface area contributed by atoms with E-state index in [1.165, 1.54) is 0 Å². The van der Waals surface area contributed by atoms with E-state index in [1.807, 2.05) is 0 Å². The van der Waals surface area contributed by atoms with Crippen LogP contribution < -0.4 is 5.32 Å². The lowest BCUT2D eigenvalue weighted by atomic mass is 10.0. The van der Waals surface area contributed by atoms with E-state index in [4.69, 9.17) is 20.4 Å². The molecule has 7 heteroatoms. The quantitative estimate of drug-likeness (QED) is 0.476. The van der Waals surface area contributed by atoms with Crippen LogP contribution in [0.3, 0.4) is 0 Å². The molecule has 0 fully saturated rings. The van der Waals surface area contributed by atoms with Crippen LogP contribution >= 0.6 is 0 Å². The van der Waals surface area contributed by atoms with Gasteiger partial charge in [0.2, 0.25) is 0 Å². The molecule has 0 saturated carbocycles. The molecule has 0 radical (unpaired) electrons. The number of phenols is 1. The summed E-state index contributed by atoms with van der Waals surface area (Å²) in [5, 5.41) is 38.6. The number of halogens is 2. The maximum atomic E-state index is 13.0. The number of rotatable bonds is 6. The molecule has 0 aliphatic rings. The van der Waals surface area contributed by atoms with Crippen LogP contribution in [-0.4, -0.2) is 45.8 Å². The van der Waals surface area contributed by atoms with Gasteiger partial charge in [0.25, 0.3) is 0 Å². The zero-order valence-corrected chi connectivity index (χ0v) is 9.53. The topological polar surface area (TPSA) is 93.0 Å². The van der Waals surface area contributed by atoms with Crippen molar-refractivity contribution in [2.24, 2.45) is 0 Å². The van der Waals surface area contributed by atoms with Gasteiger partial charge in [0.05, 0.1) is 25.4 Å². The first kappa shape index (κ1) is 14.8. The Morgan fingerprint density at radius 2 is 1.44 bits per heavy atom. The Morgan fingerprint density at radius 1 is 1.00 bits per heavy atom. The molecule has 0 heterocycles. The van der Waals surface area contributed by atoms with Crippen LogP contribution in [0.2, 0.25) is 0 Å². The molecule has 0 amide bonds. The van der Waals surface area contributed by atoms with E-state index in [-0.39, 0.29) is 12.1 Å². The third-order valence-corrected chi connectivity index (χ3v) is 2.65. The number of aliphatic hydroxyl groups excluding tert-OH is 3. The molecule has 5 nitrogen and oxygen atoms in total. The van der Waals surface area contributed by atoms with Gasteiger partial charge >= 0.3 is 0 Å². The average molecular weight is 263 g/mol. The predicted molar refractivity (Wildman–Crippen MR) is 58.9 cm³/mol. The Hall–Kier alpha value is -1.28. The summed E-state index contributed by atoms with van der Waals surface area (Å²) in [6, 6.07) is 1.84. The molecule has 0 bridgehead atoms. The van der Waals surface area contributed by atoms with Gasteiger partial charge in [0, 0.05) is 6.54 Å². The summed E-state index contributed by atoms with van der Waals surface area (Å²) in [7, 11) is 0. The Morgan fingerprint density at radius 3 is 1.83 bits per heavy atom. The Balaban J connectivity index is 2.80. The molecule has 0 aliphatic heterocycles. The largest absolute Gasteiger partial charge is 0.503 e. The zero-order chi connectivity index (χ0) is 13.8. The van der Waals surface area contributed by atoms with E-state index in [2.05, 4.69) is 5.32 Å². The second-order valence-corrected chi connectivity index (χ2v) is 4.02. The van der Waals surface area contributed by atoms with E-state index < -0.39 is 42.7 Å². The van der Waals surface area contributed by atoms with Crippen molar-refractivity contribution >= 4 is 0 Å². The van der Waals surface area contributed by atoms with Gasteiger partial charge in [-0.15, -0.1) is 0 Å². The van der Waals surface area contributed by atoms with Gasteiger partial charge in [-0.2, -0.15) is 0 Å². The predicted octanol–water partition coefficient (Wildman–Crippen LogP) is -0.524. The Labute approximate surface area is 102 Å². The zero-order valence-electron chi connectivity index (χ0n) is 9.53. The fraction of sp³-hybridized carbons (Fsp3) is 0.455. The van der Waals surface area contributed by atoms with Gasteiger partial charge in [0.15, 0.2) is 17.4 Å². The van der Waals surface area contributed by atoms with Gasteiger partial charge < -0.3 is 25.7 Å². The lowest BCUT2D eigenvalue weighted by molar-refractivity contribution is 0.0413. The van der Waals surface area contributed by atoms with Crippen molar-refractivity contribution in [3.63, 3.8) is 0 Å². The van der Waals surface area contributed by atoms with Gasteiger partial charge in [-0.25, -0.2) is 8.78 Å². The fourth-order valence-electron chi connectivity index (χ4n) is 1.33. The second kappa shape index (κ2) is 6.05. The van der Waals surface area contributed by atoms with E-state index in [9.17, 15) is 8.78 Å².